The fraction of sp³-hybridized carbons (Fsp3) is 0.344. The number of nitrogens with zero attached hydrogens (tertiary/aromatic N) is 2. The van der Waals surface area contributed by atoms with Gasteiger partial charge in [0.2, 0.25) is 5.91 Å². The molecule has 0 radical (unpaired) electrons. The fourth-order valence-electron chi connectivity index (χ4n) is 6.37. The first-order valence-electron chi connectivity index (χ1n) is 13.9. The van der Waals surface area contributed by atoms with E-state index >= 15 is 0 Å². The second kappa shape index (κ2) is 10.8. The topological polar surface area (TPSA) is 87.2 Å². The van der Waals surface area contributed by atoms with Crippen LogP contribution < -0.4 is 9.64 Å². The second-order valence-corrected chi connectivity index (χ2v) is 10.9. The van der Waals surface area contributed by atoms with Gasteiger partial charge in [0, 0.05) is 30.0 Å². The van der Waals surface area contributed by atoms with Gasteiger partial charge in [0.25, 0.3) is 5.91 Å². The van der Waals surface area contributed by atoms with Crippen molar-refractivity contribution < 1.29 is 28.6 Å². The van der Waals surface area contributed by atoms with Gasteiger partial charge >= 0.3 is 5.97 Å². The number of ether oxygens (including phenoxy) is 1. The van der Waals surface area contributed by atoms with Gasteiger partial charge in [0.1, 0.15) is 17.3 Å². The molecule has 2 saturated carbocycles. The smallest absolute Gasteiger partial charge is 0.303 e. The highest BCUT2D eigenvalue weighted by Gasteiger charge is 2.51. The molecule has 2 aliphatic carbocycles. The molecule has 3 aliphatic rings. The van der Waals surface area contributed by atoms with E-state index in [1.54, 1.807) is 35.2 Å². The molecule has 7 nitrogen and oxygen atoms in total. The zero-order valence-corrected chi connectivity index (χ0v) is 22.0. The van der Waals surface area contributed by atoms with Gasteiger partial charge in [0.15, 0.2) is 0 Å². The van der Waals surface area contributed by atoms with E-state index in [0.29, 0.717) is 22.7 Å². The van der Waals surface area contributed by atoms with Gasteiger partial charge in [-0.05, 0) is 79.8 Å². The van der Waals surface area contributed by atoms with Crippen molar-refractivity contribution in [2.45, 2.75) is 63.1 Å². The Morgan fingerprint density at radius 3 is 2.33 bits per heavy atom. The summed E-state index contributed by atoms with van der Waals surface area (Å²) in [6.07, 6.45) is 3.89. The lowest BCUT2D eigenvalue weighted by atomic mass is 9.81. The molecule has 0 saturated heterocycles. The number of carboxylic acid groups (broad SMARTS) is 1. The fourth-order valence-corrected chi connectivity index (χ4v) is 6.37. The Morgan fingerprint density at radius 1 is 0.900 bits per heavy atom. The number of halogens is 1. The molecule has 1 aliphatic heterocycles. The summed E-state index contributed by atoms with van der Waals surface area (Å²) in [4.78, 5) is 42.2. The quantitative estimate of drug-likeness (QED) is 0.359. The number of anilines is 1. The Morgan fingerprint density at radius 2 is 1.62 bits per heavy atom. The van der Waals surface area contributed by atoms with Gasteiger partial charge in [-0.25, -0.2) is 4.39 Å². The minimum Gasteiger partial charge on any atom is -0.481 e. The van der Waals surface area contributed by atoms with Crippen LogP contribution in [0.25, 0.3) is 0 Å². The first kappa shape index (κ1) is 26.0. The molecule has 2 amide bonds. The number of para-hydroxylation sites is 1. The molecule has 8 heteroatoms. The Hall–Kier alpha value is -4.20. The number of carbonyl (C=O) groups is 3. The molecule has 3 atom stereocenters. The zero-order valence-electron chi connectivity index (χ0n) is 22.0. The van der Waals surface area contributed by atoms with E-state index in [1.165, 1.54) is 12.1 Å². The normalized spacial score (nSPS) is 21.3. The molecule has 6 rings (SSSR count). The maximum atomic E-state index is 14.7. The first-order valence-corrected chi connectivity index (χ1v) is 13.9. The van der Waals surface area contributed by atoms with Gasteiger partial charge in [-0.15, -0.1) is 0 Å². The summed E-state index contributed by atoms with van der Waals surface area (Å²) in [5, 5.41) is 9.18. The average Bonchev–Trinajstić information content (AvgIpc) is 3.67. The minimum absolute atomic E-state index is 0.0167. The maximum Gasteiger partial charge on any atom is 0.303 e. The molecule has 1 N–H and O–H groups in total. The van der Waals surface area contributed by atoms with Crippen molar-refractivity contribution in [3.8, 4) is 11.5 Å². The van der Waals surface area contributed by atoms with Gasteiger partial charge < -0.3 is 19.6 Å². The molecule has 3 unspecified atom stereocenters. The highest BCUT2D eigenvalue weighted by atomic mass is 19.1. The van der Waals surface area contributed by atoms with E-state index in [1.807, 2.05) is 35.2 Å². The number of carboxylic acids is 1. The lowest BCUT2D eigenvalue weighted by Crippen LogP contribution is -2.53. The molecule has 206 valence electrons. The summed E-state index contributed by atoms with van der Waals surface area (Å²) < 4.78 is 20.6. The first-order chi connectivity index (χ1) is 19.4. The van der Waals surface area contributed by atoms with Crippen LogP contribution in [0.4, 0.5) is 10.1 Å². The molecule has 2 fully saturated rings. The Balaban J connectivity index is 1.34. The number of rotatable bonds is 8. The summed E-state index contributed by atoms with van der Waals surface area (Å²) in [5.74, 6) is -0.587. The molecule has 0 bridgehead atoms. The Labute approximate surface area is 232 Å². The van der Waals surface area contributed by atoms with Crippen LogP contribution in [0, 0.1) is 11.7 Å². The molecule has 3 aromatic rings. The predicted octanol–water partition coefficient (Wildman–Crippen LogP) is 6.34. The zero-order chi connectivity index (χ0) is 27.8. The predicted molar refractivity (Wildman–Crippen MR) is 147 cm³/mol. The SMILES string of the molecule is O=C(O)CCC(=O)N(C1CC1)C1c2ccc(F)cc2N(C(=O)c2ccc(Oc3ccccc3)cc2)C2CCCC21. The lowest BCUT2D eigenvalue weighted by molar-refractivity contribution is -0.142. The van der Waals surface area contributed by atoms with Crippen molar-refractivity contribution in [2.75, 3.05) is 4.90 Å². The number of aliphatic carboxylic acids is 1. The van der Waals surface area contributed by atoms with Crippen molar-refractivity contribution in [1.29, 1.82) is 0 Å². The summed E-state index contributed by atoms with van der Waals surface area (Å²) in [5.41, 5.74) is 1.70. The van der Waals surface area contributed by atoms with Crippen molar-refractivity contribution in [3.63, 3.8) is 0 Å². The second-order valence-electron chi connectivity index (χ2n) is 10.9. The number of hydrogen-bond donors (Lipinski definition) is 1. The minimum atomic E-state index is -1.01. The number of amides is 2. The van der Waals surface area contributed by atoms with Crippen LogP contribution in [-0.4, -0.2) is 39.9 Å². The lowest BCUT2D eigenvalue weighted by Gasteiger charge is -2.48. The van der Waals surface area contributed by atoms with Gasteiger partial charge in [0.05, 0.1) is 18.2 Å². The van der Waals surface area contributed by atoms with Crippen molar-refractivity contribution >= 4 is 23.5 Å². The van der Waals surface area contributed by atoms with Crippen LogP contribution >= 0.6 is 0 Å². The molecular formula is C32H31FN2O5. The monoisotopic (exact) mass is 542 g/mol. The standard InChI is InChI=1S/C32H31FN2O5/c33-21-11-16-26-28(19-21)35(32(39)20-9-14-24(15-10-20)40-23-5-2-1-3-6-23)27-8-4-7-25(27)31(26)34(22-12-13-22)29(36)17-18-30(37)38/h1-3,5-6,9-11,14-16,19,22,25,27,31H,4,7-8,12-13,17-18H2,(H,37,38). The third kappa shape index (κ3) is 5.06. The van der Waals surface area contributed by atoms with E-state index in [-0.39, 0.29) is 48.7 Å². The van der Waals surface area contributed by atoms with Crippen molar-refractivity contribution in [2.24, 2.45) is 5.92 Å². The Kier molecular flexibility index (Phi) is 7.00. The van der Waals surface area contributed by atoms with Gasteiger partial charge in [-0.2, -0.15) is 0 Å². The Bertz CT molecular complexity index is 1420. The van der Waals surface area contributed by atoms with E-state index < -0.39 is 11.8 Å². The van der Waals surface area contributed by atoms with Gasteiger partial charge in [-0.3, -0.25) is 14.4 Å². The van der Waals surface area contributed by atoms with Crippen LogP contribution in [0.3, 0.4) is 0 Å². The van der Waals surface area contributed by atoms with E-state index in [9.17, 15) is 23.9 Å². The summed E-state index contributed by atoms with van der Waals surface area (Å²) >= 11 is 0. The van der Waals surface area contributed by atoms with E-state index in [0.717, 1.165) is 37.7 Å². The van der Waals surface area contributed by atoms with Crippen LogP contribution in [0.15, 0.2) is 72.8 Å². The molecule has 40 heavy (non-hydrogen) atoms. The molecule has 3 aromatic carbocycles. The van der Waals surface area contributed by atoms with Crippen LogP contribution in [0.5, 0.6) is 11.5 Å². The number of carbonyl (C=O) groups excluding carboxylic acids is 2. The summed E-state index contributed by atoms with van der Waals surface area (Å²) in [6, 6.07) is 20.3. The van der Waals surface area contributed by atoms with E-state index in [4.69, 9.17) is 4.74 Å². The largest absolute Gasteiger partial charge is 0.481 e. The van der Waals surface area contributed by atoms with Crippen LogP contribution in [0.2, 0.25) is 0 Å². The number of fused-ring (bicyclic) bond motifs is 2. The third-order valence-corrected chi connectivity index (χ3v) is 8.22. The number of hydrogen-bond acceptors (Lipinski definition) is 4. The van der Waals surface area contributed by atoms with Gasteiger partial charge in [-0.1, -0.05) is 30.7 Å². The maximum absolute atomic E-state index is 14.7. The summed E-state index contributed by atoms with van der Waals surface area (Å²) in [7, 11) is 0. The van der Waals surface area contributed by atoms with E-state index in [2.05, 4.69) is 0 Å². The molecular weight excluding hydrogens is 511 g/mol. The molecule has 0 aromatic heterocycles. The highest BCUT2D eigenvalue weighted by Crippen LogP contribution is 2.53. The molecule has 0 spiro atoms. The van der Waals surface area contributed by atoms with Crippen LogP contribution in [0.1, 0.15) is 66.9 Å². The molecule has 1 heterocycles. The average molecular weight is 543 g/mol. The summed E-state index contributed by atoms with van der Waals surface area (Å²) in [6.45, 7) is 0. The number of benzene rings is 3. The highest BCUT2D eigenvalue weighted by molar-refractivity contribution is 6.07. The van der Waals surface area contributed by atoms with Crippen molar-refractivity contribution in [1.82, 2.24) is 4.90 Å². The van der Waals surface area contributed by atoms with Crippen LogP contribution in [-0.2, 0) is 9.59 Å². The van der Waals surface area contributed by atoms with Crippen molar-refractivity contribution in [3.05, 3.63) is 89.7 Å². The third-order valence-electron chi connectivity index (χ3n) is 8.22.